The van der Waals surface area contributed by atoms with Gasteiger partial charge in [0.15, 0.2) is 0 Å². The molecule has 0 radical (unpaired) electrons. The highest BCUT2D eigenvalue weighted by atomic mass is 32.2. The number of sulfonamides is 1. The lowest BCUT2D eigenvalue weighted by molar-refractivity contribution is 0.0981. The fourth-order valence-electron chi connectivity index (χ4n) is 4.22. The average molecular weight is 501 g/mol. The highest BCUT2D eigenvalue weighted by Crippen LogP contribution is 2.27. The summed E-state index contributed by atoms with van der Waals surface area (Å²) >= 11 is 1.73. The summed E-state index contributed by atoms with van der Waals surface area (Å²) in [5, 5.41) is 1.11. The topological polar surface area (TPSA) is 82.6 Å². The van der Waals surface area contributed by atoms with Crippen LogP contribution in [0.25, 0.3) is 10.2 Å². The molecule has 0 atom stereocenters. The smallest absolute Gasteiger partial charge is 0.266 e. The number of aromatic nitrogens is 1. The number of benzene rings is 2. The maximum absolute atomic E-state index is 12.9. The van der Waals surface area contributed by atoms with Gasteiger partial charge in [-0.3, -0.25) is 9.69 Å². The summed E-state index contributed by atoms with van der Waals surface area (Å²) < 4.78 is 27.4. The van der Waals surface area contributed by atoms with Gasteiger partial charge in [-0.05, 0) is 49.1 Å². The zero-order chi connectivity index (χ0) is 24.3. The number of carbonyl (C=O) groups is 1. The van der Waals surface area contributed by atoms with Crippen LogP contribution in [0.3, 0.4) is 0 Å². The Labute approximate surface area is 205 Å². The van der Waals surface area contributed by atoms with Crippen molar-refractivity contribution in [2.75, 3.05) is 36.8 Å². The number of fused-ring (bicyclic) bond motifs is 1. The number of nitrogens with zero attached hydrogens (tertiary/aromatic N) is 3. The second-order valence-corrected chi connectivity index (χ2v) is 12.2. The first-order chi connectivity index (χ1) is 16.2. The van der Waals surface area contributed by atoms with Crippen molar-refractivity contribution < 1.29 is 13.2 Å². The highest BCUT2D eigenvalue weighted by molar-refractivity contribution is 7.90. The van der Waals surface area contributed by atoms with Gasteiger partial charge >= 0.3 is 0 Å². The Morgan fingerprint density at radius 3 is 2.53 bits per heavy atom. The normalized spacial score (nSPS) is 15.2. The molecule has 4 rings (SSSR count). The van der Waals surface area contributed by atoms with Crippen molar-refractivity contribution in [3.05, 3.63) is 58.6 Å². The second-order valence-electron chi connectivity index (χ2n) is 9.12. The summed E-state index contributed by atoms with van der Waals surface area (Å²) in [5.74, 6) is -0.215. The van der Waals surface area contributed by atoms with Gasteiger partial charge in [-0.25, -0.2) is 18.1 Å². The highest BCUT2D eigenvalue weighted by Gasteiger charge is 2.24. The third kappa shape index (κ3) is 5.95. The van der Waals surface area contributed by atoms with Crippen LogP contribution < -0.4 is 9.62 Å². The largest absolute Gasteiger partial charge is 0.368 e. The quantitative estimate of drug-likeness (QED) is 0.505. The molecule has 182 valence electrons. The fourth-order valence-corrected chi connectivity index (χ4v) is 5.77. The number of hydrogen-bond acceptors (Lipinski definition) is 7. The van der Waals surface area contributed by atoms with Crippen molar-refractivity contribution in [2.24, 2.45) is 5.92 Å². The van der Waals surface area contributed by atoms with Crippen molar-refractivity contribution in [1.29, 1.82) is 0 Å². The lowest BCUT2D eigenvalue weighted by Crippen LogP contribution is -2.46. The standard InChI is InChI=1S/C25H32N4O3S2/c1-4-34(31,32)27-25(30)20-10-9-19(15-18(2)3)16-22(20)29-13-11-28(12-14-29)17-24-26-21-7-5-6-8-23(21)33-24/h5-10,16,18H,4,11-15,17H2,1-3H3,(H,27,30). The molecule has 0 spiro atoms. The Hall–Kier alpha value is -2.49. The van der Waals surface area contributed by atoms with E-state index in [-0.39, 0.29) is 5.75 Å². The molecule has 0 aliphatic carbocycles. The molecule has 1 amide bonds. The van der Waals surface area contributed by atoms with Crippen LogP contribution in [0.15, 0.2) is 42.5 Å². The summed E-state index contributed by atoms with van der Waals surface area (Å²) in [5.41, 5.74) is 3.41. The molecule has 1 aliphatic rings. The van der Waals surface area contributed by atoms with Crippen molar-refractivity contribution in [3.63, 3.8) is 0 Å². The molecule has 3 aromatic rings. The molecular formula is C25H32N4O3S2. The van der Waals surface area contributed by atoms with E-state index in [9.17, 15) is 13.2 Å². The predicted octanol–water partition coefficient (Wildman–Crippen LogP) is 3.90. The van der Waals surface area contributed by atoms with E-state index in [1.165, 1.54) is 11.6 Å². The minimum atomic E-state index is -3.63. The summed E-state index contributed by atoms with van der Waals surface area (Å²) in [6, 6.07) is 13.9. The van der Waals surface area contributed by atoms with Crippen molar-refractivity contribution >= 4 is 43.2 Å². The van der Waals surface area contributed by atoms with Gasteiger partial charge in [-0.15, -0.1) is 11.3 Å². The number of amides is 1. The third-order valence-electron chi connectivity index (χ3n) is 5.99. The summed E-state index contributed by atoms with van der Waals surface area (Å²) in [6.07, 6.45) is 0.903. The first kappa shape index (κ1) is 24.6. The fraction of sp³-hybridized carbons (Fsp3) is 0.440. The summed E-state index contributed by atoms with van der Waals surface area (Å²) in [4.78, 5) is 22.2. The van der Waals surface area contributed by atoms with E-state index in [4.69, 9.17) is 4.98 Å². The Balaban J connectivity index is 1.50. The molecule has 34 heavy (non-hydrogen) atoms. The van der Waals surface area contributed by atoms with E-state index in [2.05, 4.69) is 40.5 Å². The number of thiazole rings is 1. The molecule has 2 heterocycles. The minimum Gasteiger partial charge on any atom is -0.368 e. The second kappa shape index (κ2) is 10.4. The maximum atomic E-state index is 12.9. The van der Waals surface area contributed by atoms with Crippen molar-refractivity contribution in [1.82, 2.24) is 14.6 Å². The van der Waals surface area contributed by atoms with E-state index in [1.54, 1.807) is 17.4 Å². The average Bonchev–Trinajstić information content (AvgIpc) is 3.21. The first-order valence-corrected chi connectivity index (χ1v) is 14.2. The minimum absolute atomic E-state index is 0.135. The monoisotopic (exact) mass is 500 g/mol. The molecule has 2 aromatic carbocycles. The molecule has 1 N–H and O–H groups in total. The van der Waals surface area contributed by atoms with Gasteiger partial charge < -0.3 is 4.90 Å². The van der Waals surface area contributed by atoms with Crippen molar-refractivity contribution in [3.8, 4) is 0 Å². The van der Waals surface area contributed by atoms with Crippen LogP contribution in [0, 0.1) is 5.92 Å². The SMILES string of the molecule is CCS(=O)(=O)NC(=O)c1ccc(CC(C)C)cc1N1CCN(Cc2nc3ccccc3s2)CC1. The van der Waals surface area contributed by atoms with Crippen LogP contribution in [-0.2, 0) is 23.0 Å². The van der Waals surface area contributed by atoms with Gasteiger partial charge in [0.25, 0.3) is 5.91 Å². The molecular weight excluding hydrogens is 468 g/mol. The van der Waals surface area contributed by atoms with Gasteiger partial charge in [0, 0.05) is 31.9 Å². The van der Waals surface area contributed by atoms with Gasteiger partial charge in [-0.2, -0.15) is 0 Å². The number of anilines is 1. The van der Waals surface area contributed by atoms with Crippen LogP contribution in [-0.4, -0.2) is 56.1 Å². The van der Waals surface area contributed by atoms with E-state index in [0.717, 1.165) is 60.9 Å². The number of piperazine rings is 1. The molecule has 1 aromatic heterocycles. The zero-order valence-corrected chi connectivity index (χ0v) is 21.6. The van der Waals surface area contributed by atoms with Gasteiger partial charge in [0.1, 0.15) is 5.01 Å². The summed E-state index contributed by atoms with van der Waals surface area (Å²) in [7, 11) is -3.63. The molecule has 9 heteroatoms. The number of para-hydroxylation sites is 1. The van der Waals surface area contributed by atoms with Crippen LogP contribution >= 0.6 is 11.3 Å². The van der Waals surface area contributed by atoms with Crippen LogP contribution in [0.5, 0.6) is 0 Å². The third-order valence-corrected chi connectivity index (χ3v) is 8.27. The van der Waals surface area contributed by atoms with Crippen molar-refractivity contribution in [2.45, 2.75) is 33.7 Å². The Morgan fingerprint density at radius 2 is 1.85 bits per heavy atom. The Morgan fingerprint density at radius 1 is 1.12 bits per heavy atom. The molecule has 1 saturated heterocycles. The lowest BCUT2D eigenvalue weighted by atomic mass is 9.99. The molecule has 1 fully saturated rings. The Kier molecular flexibility index (Phi) is 7.54. The maximum Gasteiger partial charge on any atom is 0.266 e. The van der Waals surface area contributed by atoms with E-state index < -0.39 is 15.9 Å². The van der Waals surface area contributed by atoms with Gasteiger partial charge in [0.05, 0.1) is 28.1 Å². The van der Waals surface area contributed by atoms with Gasteiger partial charge in [-0.1, -0.05) is 32.0 Å². The number of nitrogens with one attached hydrogen (secondary N) is 1. The van der Waals surface area contributed by atoms with E-state index in [1.807, 2.05) is 24.3 Å². The molecule has 7 nitrogen and oxygen atoms in total. The Bertz CT molecular complexity index is 1230. The lowest BCUT2D eigenvalue weighted by Gasteiger charge is -2.36. The van der Waals surface area contributed by atoms with Crippen LogP contribution in [0.2, 0.25) is 0 Å². The summed E-state index contributed by atoms with van der Waals surface area (Å²) in [6.45, 7) is 9.87. The predicted molar refractivity (Wildman–Crippen MR) is 139 cm³/mol. The van der Waals surface area contributed by atoms with E-state index >= 15 is 0 Å². The molecule has 0 saturated carbocycles. The van der Waals surface area contributed by atoms with Crippen LogP contribution in [0.1, 0.15) is 41.7 Å². The number of hydrogen-bond donors (Lipinski definition) is 1. The van der Waals surface area contributed by atoms with Crippen LogP contribution in [0.4, 0.5) is 5.69 Å². The molecule has 0 bridgehead atoms. The molecule has 0 unspecified atom stereocenters. The van der Waals surface area contributed by atoms with Gasteiger partial charge in [0.2, 0.25) is 10.0 Å². The molecule has 1 aliphatic heterocycles. The zero-order valence-electron chi connectivity index (χ0n) is 20.0. The van der Waals surface area contributed by atoms with E-state index in [0.29, 0.717) is 11.5 Å². The first-order valence-electron chi connectivity index (χ1n) is 11.7. The number of carbonyl (C=O) groups excluding carboxylic acids is 1. The number of rotatable bonds is 8.